The van der Waals surface area contributed by atoms with Crippen LogP contribution in [0, 0.1) is 13.8 Å². The van der Waals surface area contributed by atoms with Crippen LogP contribution in [0.5, 0.6) is 0 Å². The predicted molar refractivity (Wildman–Crippen MR) is 101 cm³/mol. The van der Waals surface area contributed by atoms with E-state index in [1.165, 1.54) is 0 Å². The molecule has 1 fully saturated rings. The number of aromatic nitrogens is 3. The van der Waals surface area contributed by atoms with Gasteiger partial charge in [-0.2, -0.15) is 0 Å². The fraction of sp³-hybridized carbons (Fsp3) is 0.300. The van der Waals surface area contributed by atoms with Crippen LogP contribution in [0.1, 0.15) is 46.4 Å². The van der Waals surface area contributed by atoms with E-state index in [0.717, 1.165) is 29.9 Å². The summed E-state index contributed by atoms with van der Waals surface area (Å²) < 4.78 is 5.06. The molecule has 27 heavy (non-hydrogen) atoms. The van der Waals surface area contributed by atoms with Crippen molar-refractivity contribution in [3.05, 3.63) is 65.3 Å². The molecular weight excluding hydrogens is 342 g/mol. The molecule has 0 saturated carbocycles. The van der Waals surface area contributed by atoms with Crippen molar-refractivity contribution in [1.29, 1.82) is 0 Å². The van der Waals surface area contributed by atoms with Gasteiger partial charge >= 0.3 is 0 Å². The Bertz CT molecular complexity index is 968. The first-order chi connectivity index (χ1) is 13.1. The second-order valence-corrected chi connectivity index (χ2v) is 6.74. The first-order valence-corrected chi connectivity index (χ1v) is 9.01. The molecule has 0 aliphatic carbocycles. The number of nitrogens with zero attached hydrogens (tertiary/aromatic N) is 4. The van der Waals surface area contributed by atoms with Gasteiger partial charge in [0.15, 0.2) is 5.69 Å². The molecule has 7 heteroatoms. The number of pyridine rings is 2. The lowest BCUT2D eigenvalue weighted by atomic mass is 10.1. The average Bonchev–Trinajstić information content (AvgIpc) is 3.30. The molecule has 1 atom stereocenters. The summed E-state index contributed by atoms with van der Waals surface area (Å²) in [5.41, 5.74) is 2.34. The number of nitrogens with one attached hydrogen (secondary N) is 1. The van der Waals surface area contributed by atoms with Crippen molar-refractivity contribution in [2.24, 2.45) is 0 Å². The van der Waals surface area contributed by atoms with Crippen LogP contribution in [0.4, 0.5) is 11.6 Å². The molecular formula is C20H21N5O2. The third-order valence-corrected chi connectivity index (χ3v) is 4.67. The molecule has 1 saturated heterocycles. The van der Waals surface area contributed by atoms with Crippen LogP contribution < -0.4 is 5.32 Å². The highest BCUT2D eigenvalue weighted by Crippen LogP contribution is 2.34. The van der Waals surface area contributed by atoms with Crippen molar-refractivity contribution in [2.45, 2.75) is 32.7 Å². The Morgan fingerprint density at radius 2 is 2.11 bits per heavy atom. The largest absolute Gasteiger partial charge is 0.361 e. The van der Waals surface area contributed by atoms with Crippen LogP contribution in [-0.4, -0.2) is 32.5 Å². The molecule has 4 heterocycles. The van der Waals surface area contributed by atoms with Crippen molar-refractivity contribution in [1.82, 2.24) is 20.0 Å². The molecule has 138 valence electrons. The van der Waals surface area contributed by atoms with Crippen LogP contribution in [0.25, 0.3) is 0 Å². The van der Waals surface area contributed by atoms with E-state index in [0.29, 0.717) is 23.8 Å². The fourth-order valence-corrected chi connectivity index (χ4v) is 3.44. The second-order valence-electron chi connectivity index (χ2n) is 6.74. The van der Waals surface area contributed by atoms with E-state index in [4.69, 9.17) is 4.52 Å². The minimum Gasteiger partial charge on any atom is -0.361 e. The van der Waals surface area contributed by atoms with Gasteiger partial charge in [-0.3, -0.25) is 4.79 Å². The lowest BCUT2D eigenvalue weighted by Gasteiger charge is -2.24. The zero-order chi connectivity index (χ0) is 18.8. The summed E-state index contributed by atoms with van der Waals surface area (Å²) in [6.07, 6.45) is 3.63. The Morgan fingerprint density at radius 3 is 2.89 bits per heavy atom. The van der Waals surface area contributed by atoms with Crippen molar-refractivity contribution in [2.75, 3.05) is 11.9 Å². The number of anilines is 2. The van der Waals surface area contributed by atoms with Crippen LogP contribution in [0.3, 0.4) is 0 Å². The standard InChI is InChI=1S/C20H21N5O2/c1-13-5-3-7-18(22-13)23-19-12-15(8-9-21-19)17-6-4-10-25(17)20(26)16-11-14(2)27-24-16/h3,5,7-9,11-12,17H,4,6,10H2,1-2H3,(H,21,22,23). The molecule has 3 aromatic rings. The summed E-state index contributed by atoms with van der Waals surface area (Å²) in [5, 5.41) is 7.11. The minimum atomic E-state index is -0.0963. The maximum absolute atomic E-state index is 12.8. The van der Waals surface area contributed by atoms with Gasteiger partial charge in [0.05, 0.1) is 6.04 Å². The molecule has 0 radical (unpaired) electrons. The van der Waals surface area contributed by atoms with Crippen LogP contribution in [0.15, 0.2) is 47.1 Å². The summed E-state index contributed by atoms with van der Waals surface area (Å²) in [6, 6.07) is 11.4. The SMILES string of the molecule is Cc1cccc(Nc2cc(C3CCCN3C(=O)c3cc(C)on3)ccn2)n1. The molecule has 1 aliphatic rings. The minimum absolute atomic E-state index is 0.00326. The topological polar surface area (TPSA) is 84.2 Å². The first-order valence-electron chi connectivity index (χ1n) is 9.01. The highest BCUT2D eigenvalue weighted by atomic mass is 16.5. The van der Waals surface area contributed by atoms with Crippen LogP contribution >= 0.6 is 0 Å². The number of hydrogen-bond acceptors (Lipinski definition) is 6. The van der Waals surface area contributed by atoms with Crippen LogP contribution in [-0.2, 0) is 0 Å². The predicted octanol–water partition coefficient (Wildman–Crippen LogP) is 3.80. The van der Waals surface area contributed by atoms with E-state index in [2.05, 4.69) is 20.4 Å². The number of carbonyl (C=O) groups excluding carboxylic acids is 1. The van der Waals surface area contributed by atoms with E-state index in [1.807, 2.05) is 42.2 Å². The van der Waals surface area contributed by atoms with E-state index < -0.39 is 0 Å². The van der Waals surface area contributed by atoms with Crippen molar-refractivity contribution in [3.63, 3.8) is 0 Å². The number of amides is 1. The number of hydrogen-bond donors (Lipinski definition) is 1. The number of likely N-dealkylation sites (tertiary alicyclic amines) is 1. The van der Waals surface area contributed by atoms with Gasteiger partial charge in [-0.25, -0.2) is 9.97 Å². The van der Waals surface area contributed by atoms with Crippen LogP contribution in [0.2, 0.25) is 0 Å². The highest BCUT2D eigenvalue weighted by molar-refractivity contribution is 5.92. The quantitative estimate of drug-likeness (QED) is 0.759. The van der Waals surface area contributed by atoms with Gasteiger partial charge in [-0.05, 0) is 56.5 Å². The maximum atomic E-state index is 12.8. The summed E-state index contributed by atoms with van der Waals surface area (Å²) in [7, 11) is 0. The van der Waals surface area contributed by atoms with Gasteiger partial charge in [-0.15, -0.1) is 0 Å². The summed E-state index contributed by atoms with van der Waals surface area (Å²) >= 11 is 0. The van der Waals surface area contributed by atoms with Crippen molar-refractivity contribution >= 4 is 17.5 Å². The van der Waals surface area contributed by atoms with Gasteiger partial charge in [0.25, 0.3) is 5.91 Å². The molecule has 0 spiro atoms. The Kier molecular flexibility index (Phi) is 4.58. The molecule has 1 amide bonds. The fourth-order valence-electron chi connectivity index (χ4n) is 3.44. The number of carbonyl (C=O) groups is 1. The summed E-state index contributed by atoms with van der Waals surface area (Å²) in [4.78, 5) is 23.5. The lowest BCUT2D eigenvalue weighted by molar-refractivity contribution is 0.0725. The first kappa shape index (κ1) is 17.2. The molecule has 7 nitrogen and oxygen atoms in total. The van der Waals surface area contributed by atoms with Gasteiger partial charge < -0.3 is 14.7 Å². The Hall–Kier alpha value is -3.22. The Labute approximate surface area is 157 Å². The monoisotopic (exact) mass is 363 g/mol. The smallest absolute Gasteiger partial charge is 0.276 e. The molecule has 0 bridgehead atoms. The zero-order valence-corrected chi connectivity index (χ0v) is 15.3. The summed E-state index contributed by atoms with van der Waals surface area (Å²) in [6.45, 7) is 4.44. The van der Waals surface area contributed by atoms with Crippen molar-refractivity contribution < 1.29 is 9.32 Å². The zero-order valence-electron chi connectivity index (χ0n) is 15.3. The van der Waals surface area contributed by atoms with E-state index >= 15 is 0 Å². The third-order valence-electron chi connectivity index (χ3n) is 4.67. The van der Waals surface area contributed by atoms with Gasteiger partial charge in [0.1, 0.15) is 17.4 Å². The average molecular weight is 363 g/mol. The van der Waals surface area contributed by atoms with E-state index in [-0.39, 0.29) is 11.9 Å². The highest BCUT2D eigenvalue weighted by Gasteiger charge is 2.32. The Balaban J connectivity index is 1.56. The van der Waals surface area contributed by atoms with Gasteiger partial charge in [0, 0.05) is 24.5 Å². The molecule has 1 unspecified atom stereocenters. The molecule has 1 aliphatic heterocycles. The second kappa shape index (κ2) is 7.19. The normalized spacial score (nSPS) is 16.5. The molecule has 3 aromatic heterocycles. The maximum Gasteiger partial charge on any atom is 0.276 e. The number of rotatable bonds is 4. The molecule has 4 rings (SSSR count). The van der Waals surface area contributed by atoms with Gasteiger partial charge in [0.2, 0.25) is 0 Å². The third kappa shape index (κ3) is 3.67. The van der Waals surface area contributed by atoms with E-state index in [1.54, 1.807) is 19.2 Å². The lowest BCUT2D eigenvalue weighted by Crippen LogP contribution is -2.30. The van der Waals surface area contributed by atoms with Gasteiger partial charge in [-0.1, -0.05) is 11.2 Å². The summed E-state index contributed by atoms with van der Waals surface area (Å²) in [5.74, 6) is 2.00. The Morgan fingerprint density at radius 1 is 1.22 bits per heavy atom. The molecule has 0 aromatic carbocycles. The number of aryl methyl sites for hydroxylation is 2. The molecule has 1 N–H and O–H groups in total. The van der Waals surface area contributed by atoms with Crippen molar-refractivity contribution in [3.8, 4) is 0 Å². The van der Waals surface area contributed by atoms with E-state index in [9.17, 15) is 4.79 Å².